The molecule has 0 saturated heterocycles. The zero-order chi connectivity index (χ0) is 49.7. The molecule has 0 aliphatic heterocycles. The third kappa shape index (κ3) is 7.61. The predicted molar refractivity (Wildman–Crippen MR) is 318 cm³/mol. The molecule has 14 aromatic rings. The molecular formula is C69H46N4SSi. The van der Waals surface area contributed by atoms with Crippen molar-refractivity contribution >= 4 is 82.1 Å². The molecule has 0 aliphatic rings. The van der Waals surface area contributed by atoms with E-state index in [0.29, 0.717) is 17.5 Å². The van der Waals surface area contributed by atoms with E-state index in [4.69, 9.17) is 15.0 Å². The number of fused-ring (bicyclic) bond motifs is 6. The lowest BCUT2D eigenvalue weighted by molar-refractivity contribution is 1.06. The van der Waals surface area contributed by atoms with E-state index in [1.54, 1.807) is 0 Å². The van der Waals surface area contributed by atoms with E-state index in [9.17, 15) is 0 Å². The monoisotopic (exact) mass is 990 g/mol. The van der Waals surface area contributed by atoms with Crippen molar-refractivity contribution in [2.45, 2.75) is 0 Å². The number of nitrogens with zero attached hydrogens (tertiary/aromatic N) is 4. The summed E-state index contributed by atoms with van der Waals surface area (Å²) < 4.78 is 4.94. The molecule has 0 spiro atoms. The van der Waals surface area contributed by atoms with Gasteiger partial charge in [-0.15, -0.1) is 11.3 Å². The Morgan fingerprint density at radius 3 is 1.40 bits per heavy atom. The Labute approximate surface area is 440 Å². The Morgan fingerprint density at radius 1 is 0.293 bits per heavy atom. The lowest BCUT2D eigenvalue weighted by Gasteiger charge is -2.34. The standard InChI is InChI=1S/C69H46N4SSi/c1-5-22-47(23-6-1)48-42-43-61(64(46-48)73-62-39-16-13-34-57(62)58-35-14-17-40-63(58)73)69-71-67(50-25-19-24-49(44-50)56-37-21-38-60-59-36-15-18-41-65(59)74-66(56)60)70-68(72-69)51-26-20-33-55(45-51)75(52-27-7-2-8-28-52,53-29-9-3-10-30-53)54-31-11-4-12-32-54/h1-46H. The van der Waals surface area contributed by atoms with E-state index < -0.39 is 8.07 Å². The molecule has 0 radical (unpaired) electrons. The number of para-hydroxylation sites is 2. The van der Waals surface area contributed by atoms with Gasteiger partial charge in [-0.3, -0.25) is 0 Å². The molecular weight excluding hydrogens is 945 g/mol. The van der Waals surface area contributed by atoms with Gasteiger partial charge in [-0.1, -0.05) is 243 Å². The fraction of sp³-hybridized carbons (Fsp3) is 0. The van der Waals surface area contributed by atoms with E-state index in [1.807, 2.05) is 11.3 Å². The summed E-state index contributed by atoms with van der Waals surface area (Å²) in [7, 11) is -2.91. The highest BCUT2D eigenvalue weighted by atomic mass is 32.1. The van der Waals surface area contributed by atoms with E-state index in [0.717, 1.165) is 50.1 Å². The molecule has 0 bridgehead atoms. The maximum Gasteiger partial charge on any atom is 0.179 e. The first-order valence-electron chi connectivity index (χ1n) is 25.4. The van der Waals surface area contributed by atoms with Crippen LogP contribution in [0.1, 0.15) is 0 Å². The summed E-state index contributed by atoms with van der Waals surface area (Å²) in [6.45, 7) is 0. The molecule has 3 heterocycles. The molecule has 0 unspecified atom stereocenters. The van der Waals surface area contributed by atoms with Crippen LogP contribution in [-0.2, 0) is 0 Å². The van der Waals surface area contributed by atoms with Gasteiger partial charge in [0.1, 0.15) is 0 Å². The Morgan fingerprint density at radius 2 is 0.760 bits per heavy atom. The molecule has 0 N–H and O–H groups in total. The van der Waals surface area contributed by atoms with Crippen LogP contribution in [0.5, 0.6) is 0 Å². The zero-order valence-electron chi connectivity index (χ0n) is 40.8. The molecule has 0 saturated carbocycles. The van der Waals surface area contributed by atoms with Crippen LogP contribution >= 0.6 is 11.3 Å². The third-order valence-corrected chi connectivity index (χ3v) is 20.8. The number of benzene rings is 11. The van der Waals surface area contributed by atoms with Crippen molar-refractivity contribution in [3.05, 3.63) is 279 Å². The smallest absolute Gasteiger partial charge is 0.179 e. The highest BCUT2D eigenvalue weighted by Gasteiger charge is 2.41. The summed E-state index contributed by atoms with van der Waals surface area (Å²) in [5, 5.41) is 10.1. The van der Waals surface area contributed by atoms with Crippen LogP contribution in [0.25, 0.3) is 104 Å². The van der Waals surface area contributed by atoms with Crippen LogP contribution in [0.15, 0.2) is 279 Å². The fourth-order valence-electron chi connectivity index (χ4n) is 11.4. The molecule has 11 aromatic carbocycles. The first-order valence-corrected chi connectivity index (χ1v) is 28.2. The summed E-state index contributed by atoms with van der Waals surface area (Å²) in [5.74, 6) is 1.79. The molecule has 6 heteroatoms. The highest BCUT2D eigenvalue weighted by molar-refractivity contribution is 7.26. The average molecular weight is 991 g/mol. The first kappa shape index (κ1) is 44.4. The Balaban J connectivity index is 1.03. The molecule has 75 heavy (non-hydrogen) atoms. The minimum Gasteiger partial charge on any atom is -0.308 e. The van der Waals surface area contributed by atoms with Gasteiger partial charge in [-0.05, 0) is 79.4 Å². The largest absolute Gasteiger partial charge is 0.308 e. The van der Waals surface area contributed by atoms with E-state index in [-0.39, 0.29) is 0 Å². The van der Waals surface area contributed by atoms with Crippen molar-refractivity contribution in [2.75, 3.05) is 0 Å². The molecule has 0 atom stereocenters. The van der Waals surface area contributed by atoms with Crippen LogP contribution in [0, 0.1) is 0 Å². The molecule has 14 rings (SSSR count). The molecule has 3 aromatic heterocycles. The van der Waals surface area contributed by atoms with Crippen LogP contribution in [0.3, 0.4) is 0 Å². The van der Waals surface area contributed by atoms with Crippen molar-refractivity contribution in [2.24, 2.45) is 0 Å². The third-order valence-electron chi connectivity index (χ3n) is 14.8. The minimum absolute atomic E-state index is 0.589. The SMILES string of the molecule is c1ccc(-c2ccc(-c3nc(-c4cccc(-c5cccc6c5sc5ccccc56)c4)nc(-c4cccc([Si](c5ccccc5)(c5ccccc5)c5ccccc5)c4)n3)c(-n3c4ccccc4c4ccccc43)c2)cc1. The molecule has 352 valence electrons. The van der Waals surface area contributed by atoms with E-state index >= 15 is 0 Å². The second kappa shape index (κ2) is 18.6. The first-order chi connectivity index (χ1) is 37.2. The van der Waals surface area contributed by atoms with Gasteiger partial charge < -0.3 is 4.57 Å². The second-order valence-corrected chi connectivity index (χ2v) is 23.9. The normalized spacial score (nSPS) is 11.7. The second-order valence-electron chi connectivity index (χ2n) is 19.1. The van der Waals surface area contributed by atoms with Gasteiger partial charge in [-0.2, -0.15) is 0 Å². The zero-order valence-corrected chi connectivity index (χ0v) is 42.6. The molecule has 4 nitrogen and oxygen atoms in total. The summed E-state index contributed by atoms with van der Waals surface area (Å²) in [6.07, 6.45) is 0. The maximum absolute atomic E-state index is 5.60. The number of aromatic nitrogens is 4. The van der Waals surface area contributed by atoms with Crippen molar-refractivity contribution in [3.63, 3.8) is 0 Å². The van der Waals surface area contributed by atoms with E-state index in [1.165, 1.54) is 57.3 Å². The van der Waals surface area contributed by atoms with Gasteiger partial charge in [0.05, 0.1) is 16.7 Å². The van der Waals surface area contributed by atoms with E-state index in [2.05, 4.69) is 284 Å². The summed E-state index contributed by atoms with van der Waals surface area (Å²) >= 11 is 1.84. The maximum atomic E-state index is 5.60. The topological polar surface area (TPSA) is 43.6 Å². The lowest BCUT2D eigenvalue weighted by atomic mass is 10.00. The number of hydrogen-bond acceptors (Lipinski definition) is 4. The minimum atomic E-state index is -2.91. The van der Waals surface area contributed by atoms with Crippen LogP contribution < -0.4 is 20.7 Å². The number of thiophene rings is 1. The van der Waals surface area contributed by atoms with Gasteiger partial charge in [0.25, 0.3) is 0 Å². The van der Waals surface area contributed by atoms with Crippen LogP contribution in [-0.4, -0.2) is 27.6 Å². The summed E-state index contributed by atoms with van der Waals surface area (Å²) in [4.78, 5) is 16.7. The highest BCUT2D eigenvalue weighted by Crippen LogP contribution is 2.42. The summed E-state index contributed by atoms with van der Waals surface area (Å²) in [6, 6.07) is 101. The van der Waals surface area contributed by atoms with Gasteiger partial charge in [0, 0.05) is 47.6 Å². The van der Waals surface area contributed by atoms with Crippen LogP contribution in [0.4, 0.5) is 0 Å². The number of rotatable bonds is 10. The predicted octanol–water partition coefficient (Wildman–Crippen LogP) is 15.0. The quantitative estimate of drug-likeness (QED) is 0.101. The van der Waals surface area contributed by atoms with Crippen molar-refractivity contribution in [3.8, 4) is 62.1 Å². The average Bonchev–Trinajstić information content (AvgIpc) is 4.07. The Kier molecular flexibility index (Phi) is 11.0. The van der Waals surface area contributed by atoms with Crippen LogP contribution in [0.2, 0.25) is 0 Å². The van der Waals surface area contributed by atoms with Crippen molar-refractivity contribution in [1.29, 1.82) is 0 Å². The van der Waals surface area contributed by atoms with Crippen molar-refractivity contribution < 1.29 is 0 Å². The lowest BCUT2D eigenvalue weighted by Crippen LogP contribution is -2.74. The van der Waals surface area contributed by atoms with Crippen molar-refractivity contribution in [1.82, 2.24) is 19.5 Å². The number of hydrogen-bond donors (Lipinski definition) is 0. The Bertz CT molecular complexity index is 4270. The summed E-state index contributed by atoms with van der Waals surface area (Å²) in [5.41, 5.74) is 10.5. The molecule has 0 fully saturated rings. The van der Waals surface area contributed by atoms with Gasteiger partial charge in [0.2, 0.25) is 0 Å². The van der Waals surface area contributed by atoms with Gasteiger partial charge in [-0.25, -0.2) is 15.0 Å². The Hall–Kier alpha value is -9.33. The van der Waals surface area contributed by atoms with Gasteiger partial charge in [0.15, 0.2) is 25.5 Å². The fourth-order valence-corrected chi connectivity index (χ4v) is 17.4. The molecule has 0 aliphatic carbocycles. The molecule has 0 amide bonds. The van der Waals surface area contributed by atoms with Gasteiger partial charge >= 0.3 is 0 Å².